The van der Waals surface area contributed by atoms with Crippen LogP contribution in [-0.2, 0) is 0 Å². The fourth-order valence-electron chi connectivity index (χ4n) is 1.73. The van der Waals surface area contributed by atoms with Crippen LogP contribution in [-0.4, -0.2) is 24.1 Å². The van der Waals surface area contributed by atoms with Gasteiger partial charge in [-0.1, -0.05) is 12.1 Å². The molecular formula is C16H15NO2S. The van der Waals surface area contributed by atoms with E-state index in [1.165, 1.54) is 0 Å². The maximum atomic E-state index is 11.9. The van der Waals surface area contributed by atoms with Crippen molar-refractivity contribution in [3.05, 3.63) is 59.9 Å². The third kappa shape index (κ3) is 3.48. The zero-order valence-corrected chi connectivity index (χ0v) is 12.2. The van der Waals surface area contributed by atoms with Gasteiger partial charge in [0.05, 0.1) is 7.11 Å². The molecule has 20 heavy (non-hydrogen) atoms. The van der Waals surface area contributed by atoms with Gasteiger partial charge in [-0.05, 0) is 42.2 Å². The van der Waals surface area contributed by atoms with Gasteiger partial charge in [-0.2, -0.15) is 0 Å². The van der Waals surface area contributed by atoms with Gasteiger partial charge in [-0.15, -0.1) is 11.8 Å². The summed E-state index contributed by atoms with van der Waals surface area (Å²) in [6.07, 6.45) is 8.53. The molecule has 0 saturated carbocycles. The second kappa shape index (κ2) is 6.91. The van der Waals surface area contributed by atoms with Crippen LogP contribution in [0.4, 0.5) is 0 Å². The summed E-state index contributed by atoms with van der Waals surface area (Å²) >= 11 is 1.63. The minimum atomic E-state index is -0.0639. The van der Waals surface area contributed by atoms with Gasteiger partial charge in [-0.25, -0.2) is 0 Å². The molecule has 0 aliphatic carbocycles. The number of hydrogen-bond donors (Lipinski definition) is 0. The molecule has 2 aromatic rings. The lowest BCUT2D eigenvalue weighted by molar-refractivity contribution is 0.104. The molecule has 0 aliphatic heterocycles. The number of carbonyl (C=O) groups is 1. The van der Waals surface area contributed by atoms with Crippen molar-refractivity contribution in [1.82, 2.24) is 4.98 Å². The van der Waals surface area contributed by atoms with Gasteiger partial charge < -0.3 is 4.74 Å². The number of nitrogens with zero attached hydrogens (tertiary/aromatic N) is 1. The molecule has 1 aromatic heterocycles. The van der Waals surface area contributed by atoms with Crippen molar-refractivity contribution in [1.29, 1.82) is 0 Å². The Morgan fingerprint density at radius 1 is 1.35 bits per heavy atom. The maximum Gasteiger partial charge on any atom is 0.187 e. The molecular weight excluding hydrogens is 270 g/mol. The average molecular weight is 285 g/mol. The number of methoxy groups -OCH3 is 1. The highest BCUT2D eigenvalue weighted by Gasteiger charge is 2.03. The van der Waals surface area contributed by atoms with Crippen LogP contribution in [0.2, 0.25) is 0 Å². The van der Waals surface area contributed by atoms with E-state index in [9.17, 15) is 4.79 Å². The molecule has 4 heteroatoms. The van der Waals surface area contributed by atoms with Crippen molar-refractivity contribution in [3.8, 4) is 5.75 Å². The summed E-state index contributed by atoms with van der Waals surface area (Å²) < 4.78 is 5.32. The first-order chi connectivity index (χ1) is 9.74. The molecule has 0 N–H and O–H groups in total. The highest BCUT2D eigenvalue weighted by molar-refractivity contribution is 7.98. The molecule has 102 valence electrons. The van der Waals surface area contributed by atoms with Crippen LogP contribution in [0.15, 0.2) is 53.7 Å². The standard InChI is InChI=1S/C16H15NO2S/c1-19-15-10-12(6-8-16(15)20-2)5-7-14(18)13-4-3-9-17-11-13/h3-11H,1-2H3/b7-5+. The second-order valence-corrected chi connectivity index (χ2v) is 4.90. The quantitative estimate of drug-likeness (QED) is 0.477. The van der Waals surface area contributed by atoms with Gasteiger partial charge >= 0.3 is 0 Å². The Hall–Kier alpha value is -2.07. The van der Waals surface area contributed by atoms with E-state index in [1.807, 2.05) is 24.5 Å². The predicted octanol–water partition coefficient (Wildman–Crippen LogP) is 3.71. The number of ether oxygens (including phenoxy) is 1. The molecule has 0 amide bonds. The molecule has 0 fully saturated rings. The fraction of sp³-hybridized carbons (Fsp3) is 0.125. The summed E-state index contributed by atoms with van der Waals surface area (Å²) in [5.41, 5.74) is 1.51. The number of rotatable bonds is 5. The van der Waals surface area contributed by atoms with Gasteiger partial charge in [0.15, 0.2) is 5.78 Å². The molecule has 0 bridgehead atoms. The Morgan fingerprint density at radius 3 is 2.85 bits per heavy atom. The summed E-state index contributed by atoms with van der Waals surface area (Å²) in [7, 11) is 1.64. The minimum absolute atomic E-state index is 0.0639. The van der Waals surface area contributed by atoms with Crippen LogP contribution in [0.5, 0.6) is 5.75 Å². The first-order valence-electron chi connectivity index (χ1n) is 6.09. The van der Waals surface area contributed by atoms with Crippen molar-refractivity contribution in [2.75, 3.05) is 13.4 Å². The highest BCUT2D eigenvalue weighted by atomic mass is 32.2. The van der Waals surface area contributed by atoms with Gasteiger partial charge in [0.25, 0.3) is 0 Å². The van der Waals surface area contributed by atoms with Gasteiger partial charge in [0, 0.05) is 22.9 Å². The normalized spacial score (nSPS) is 10.7. The van der Waals surface area contributed by atoms with Crippen molar-refractivity contribution >= 4 is 23.6 Å². The van der Waals surface area contributed by atoms with Crippen LogP contribution in [0.25, 0.3) is 6.08 Å². The zero-order valence-electron chi connectivity index (χ0n) is 11.4. The molecule has 0 aliphatic rings. The van der Waals surface area contributed by atoms with Crippen molar-refractivity contribution in [2.24, 2.45) is 0 Å². The van der Waals surface area contributed by atoms with Gasteiger partial charge in [-0.3, -0.25) is 9.78 Å². The topological polar surface area (TPSA) is 39.2 Å². The zero-order chi connectivity index (χ0) is 14.4. The summed E-state index contributed by atoms with van der Waals surface area (Å²) in [6.45, 7) is 0. The molecule has 0 spiro atoms. The van der Waals surface area contributed by atoms with E-state index in [4.69, 9.17) is 4.74 Å². The second-order valence-electron chi connectivity index (χ2n) is 4.05. The van der Waals surface area contributed by atoms with E-state index >= 15 is 0 Å². The lowest BCUT2D eigenvalue weighted by Crippen LogP contribution is -1.94. The Balaban J connectivity index is 2.17. The van der Waals surface area contributed by atoms with E-state index in [-0.39, 0.29) is 5.78 Å². The summed E-state index contributed by atoms with van der Waals surface area (Å²) in [6, 6.07) is 9.35. The largest absolute Gasteiger partial charge is 0.496 e. The lowest BCUT2D eigenvalue weighted by atomic mass is 10.1. The predicted molar refractivity (Wildman–Crippen MR) is 82.4 cm³/mol. The van der Waals surface area contributed by atoms with Crippen LogP contribution < -0.4 is 4.74 Å². The number of benzene rings is 1. The molecule has 0 atom stereocenters. The third-order valence-corrected chi connectivity index (χ3v) is 3.56. The van der Waals surface area contributed by atoms with Crippen molar-refractivity contribution in [3.63, 3.8) is 0 Å². The van der Waals surface area contributed by atoms with E-state index in [2.05, 4.69) is 4.98 Å². The lowest BCUT2D eigenvalue weighted by Gasteiger charge is -2.06. The Morgan fingerprint density at radius 2 is 2.20 bits per heavy atom. The third-order valence-electron chi connectivity index (χ3n) is 2.78. The van der Waals surface area contributed by atoms with Crippen molar-refractivity contribution in [2.45, 2.75) is 4.90 Å². The summed E-state index contributed by atoms with van der Waals surface area (Å²) in [5, 5.41) is 0. The molecule has 1 aromatic carbocycles. The molecule has 3 nitrogen and oxygen atoms in total. The smallest absolute Gasteiger partial charge is 0.187 e. The monoisotopic (exact) mass is 285 g/mol. The van der Waals surface area contributed by atoms with Gasteiger partial charge in [0.2, 0.25) is 0 Å². The number of allylic oxidation sites excluding steroid dienone is 1. The SMILES string of the molecule is COc1cc(/C=C/C(=O)c2cccnc2)ccc1SC. The van der Waals surface area contributed by atoms with Gasteiger partial charge in [0.1, 0.15) is 5.75 Å². The fourth-order valence-corrected chi connectivity index (χ4v) is 2.28. The van der Waals surface area contributed by atoms with Crippen LogP contribution >= 0.6 is 11.8 Å². The number of aromatic nitrogens is 1. The van der Waals surface area contributed by atoms with E-state index in [0.717, 1.165) is 16.2 Å². The average Bonchev–Trinajstić information content (AvgIpc) is 2.53. The van der Waals surface area contributed by atoms with Crippen LogP contribution in [0.3, 0.4) is 0 Å². The number of ketones is 1. The summed E-state index contributed by atoms with van der Waals surface area (Å²) in [5.74, 6) is 0.750. The number of pyridine rings is 1. The molecule has 0 saturated heterocycles. The number of thioether (sulfide) groups is 1. The number of carbonyl (C=O) groups excluding carboxylic acids is 1. The van der Waals surface area contributed by atoms with E-state index < -0.39 is 0 Å². The highest BCUT2D eigenvalue weighted by Crippen LogP contribution is 2.28. The van der Waals surface area contributed by atoms with Crippen molar-refractivity contribution < 1.29 is 9.53 Å². The first kappa shape index (κ1) is 14.3. The maximum absolute atomic E-state index is 11.9. The molecule has 0 unspecified atom stereocenters. The molecule has 2 rings (SSSR count). The summed E-state index contributed by atoms with van der Waals surface area (Å²) in [4.78, 5) is 16.9. The number of hydrogen-bond acceptors (Lipinski definition) is 4. The Bertz CT molecular complexity index is 624. The molecule has 0 radical (unpaired) electrons. The van der Waals surface area contributed by atoms with Crippen LogP contribution in [0, 0.1) is 0 Å². The van der Waals surface area contributed by atoms with Crippen LogP contribution in [0.1, 0.15) is 15.9 Å². The van der Waals surface area contributed by atoms with E-state index in [0.29, 0.717) is 5.56 Å². The minimum Gasteiger partial charge on any atom is -0.496 e. The Labute approximate surface area is 122 Å². The first-order valence-corrected chi connectivity index (χ1v) is 7.31. The Kier molecular flexibility index (Phi) is 4.96. The molecule has 1 heterocycles. The van der Waals surface area contributed by atoms with E-state index in [1.54, 1.807) is 55.6 Å².